The second-order valence-corrected chi connectivity index (χ2v) is 8.20. The van der Waals surface area contributed by atoms with E-state index in [1.54, 1.807) is 16.8 Å². The first kappa shape index (κ1) is 19.8. The van der Waals surface area contributed by atoms with Crippen molar-refractivity contribution in [3.8, 4) is 0 Å². The van der Waals surface area contributed by atoms with Gasteiger partial charge >= 0.3 is 0 Å². The lowest BCUT2D eigenvalue weighted by Crippen LogP contribution is -2.35. The van der Waals surface area contributed by atoms with E-state index in [-0.39, 0.29) is 23.5 Å². The van der Waals surface area contributed by atoms with Gasteiger partial charge in [-0.3, -0.25) is 14.3 Å². The number of hydrogen-bond acceptors (Lipinski definition) is 4. The molecule has 29 heavy (non-hydrogen) atoms. The van der Waals surface area contributed by atoms with E-state index in [0.717, 1.165) is 24.3 Å². The molecule has 1 amide bonds. The lowest BCUT2D eigenvalue weighted by atomic mass is 9.89. The Morgan fingerprint density at radius 1 is 1.28 bits per heavy atom. The minimum Gasteiger partial charge on any atom is -0.335 e. The maximum absolute atomic E-state index is 13.9. The SMILES string of the molecule is CC(=O)c1c(C)nn(CCC(=O)N2C[C@@H]3CNC[C@@H]3[C@H]2c2cccc(F)c2)c1C. The number of ketones is 1. The van der Waals surface area contributed by atoms with Crippen molar-refractivity contribution in [1.82, 2.24) is 20.0 Å². The van der Waals surface area contributed by atoms with Crippen LogP contribution in [0.4, 0.5) is 4.39 Å². The first-order valence-corrected chi connectivity index (χ1v) is 10.2. The topological polar surface area (TPSA) is 67.2 Å². The normalized spacial score (nSPS) is 23.4. The molecule has 2 fully saturated rings. The van der Waals surface area contributed by atoms with Crippen LogP contribution < -0.4 is 5.32 Å². The Hall–Kier alpha value is -2.54. The summed E-state index contributed by atoms with van der Waals surface area (Å²) in [5, 5.41) is 7.85. The maximum atomic E-state index is 13.9. The molecule has 0 unspecified atom stereocenters. The number of halogens is 1. The fraction of sp³-hybridized carbons (Fsp3) is 0.500. The number of aryl methyl sites for hydroxylation is 2. The van der Waals surface area contributed by atoms with Crippen LogP contribution in [0.1, 0.15) is 46.7 Å². The Morgan fingerprint density at radius 3 is 2.76 bits per heavy atom. The highest BCUT2D eigenvalue weighted by Gasteiger charge is 2.46. The first-order valence-electron chi connectivity index (χ1n) is 10.2. The first-order chi connectivity index (χ1) is 13.9. The van der Waals surface area contributed by atoms with Crippen molar-refractivity contribution in [3.05, 3.63) is 52.6 Å². The van der Waals surface area contributed by atoms with Crippen molar-refractivity contribution in [1.29, 1.82) is 0 Å². The Balaban J connectivity index is 1.53. The zero-order valence-electron chi connectivity index (χ0n) is 17.1. The van der Waals surface area contributed by atoms with Crippen molar-refractivity contribution < 1.29 is 14.0 Å². The summed E-state index contributed by atoms with van der Waals surface area (Å²) < 4.78 is 15.6. The van der Waals surface area contributed by atoms with Crippen LogP contribution in [0.2, 0.25) is 0 Å². The van der Waals surface area contributed by atoms with Crippen molar-refractivity contribution in [2.45, 2.75) is 39.8 Å². The van der Waals surface area contributed by atoms with Gasteiger partial charge in [0.15, 0.2) is 5.78 Å². The Labute approximate surface area is 170 Å². The van der Waals surface area contributed by atoms with E-state index in [1.807, 2.05) is 24.8 Å². The Morgan fingerprint density at radius 2 is 2.07 bits per heavy atom. The summed E-state index contributed by atoms with van der Waals surface area (Å²) >= 11 is 0. The molecule has 0 bridgehead atoms. The van der Waals surface area contributed by atoms with Crippen molar-refractivity contribution in [2.24, 2.45) is 11.8 Å². The zero-order valence-corrected chi connectivity index (χ0v) is 17.1. The molecule has 0 saturated carbocycles. The highest BCUT2D eigenvalue weighted by Crippen LogP contribution is 2.43. The molecule has 0 spiro atoms. The number of carbonyl (C=O) groups is 2. The third-order valence-electron chi connectivity index (χ3n) is 6.35. The number of fused-ring (bicyclic) bond motifs is 1. The second-order valence-electron chi connectivity index (χ2n) is 8.20. The number of aromatic nitrogens is 2. The predicted molar refractivity (Wildman–Crippen MR) is 107 cm³/mol. The number of nitrogens with one attached hydrogen (secondary N) is 1. The van der Waals surface area contributed by atoms with Crippen LogP contribution in [0.3, 0.4) is 0 Å². The number of carbonyl (C=O) groups excluding carboxylic acids is 2. The molecule has 7 heteroatoms. The van der Waals surface area contributed by atoms with Crippen LogP contribution in [-0.2, 0) is 11.3 Å². The molecule has 1 aromatic heterocycles. The average Bonchev–Trinajstić information content (AvgIpc) is 3.32. The van der Waals surface area contributed by atoms with Crippen molar-refractivity contribution >= 4 is 11.7 Å². The third-order valence-corrected chi connectivity index (χ3v) is 6.35. The minimum absolute atomic E-state index is 0.0105. The Kier molecular flexibility index (Phi) is 5.25. The fourth-order valence-corrected chi connectivity index (χ4v) is 5.06. The van der Waals surface area contributed by atoms with E-state index >= 15 is 0 Å². The van der Waals surface area contributed by atoms with E-state index in [1.165, 1.54) is 13.0 Å². The molecule has 3 heterocycles. The smallest absolute Gasteiger partial charge is 0.224 e. The van der Waals surface area contributed by atoms with E-state index in [9.17, 15) is 14.0 Å². The van der Waals surface area contributed by atoms with Gasteiger partial charge in [-0.15, -0.1) is 0 Å². The molecule has 3 atom stereocenters. The van der Waals surface area contributed by atoms with Crippen LogP contribution in [0.25, 0.3) is 0 Å². The van der Waals surface area contributed by atoms with Crippen LogP contribution >= 0.6 is 0 Å². The molecule has 2 aromatic rings. The quantitative estimate of drug-likeness (QED) is 0.787. The average molecular weight is 398 g/mol. The summed E-state index contributed by atoms with van der Waals surface area (Å²) in [5.41, 5.74) is 2.99. The molecule has 1 aromatic carbocycles. The molecule has 154 valence electrons. The Bertz CT molecular complexity index is 954. The highest BCUT2D eigenvalue weighted by molar-refractivity contribution is 5.96. The molecule has 2 aliphatic rings. The molecule has 0 radical (unpaired) electrons. The van der Waals surface area contributed by atoms with Crippen LogP contribution in [0, 0.1) is 31.5 Å². The van der Waals surface area contributed by atoms with Gasteiger partial charge in [-0.1, -0.05) is 12.1 Å². The minimum atomic E-state index is -0.274. The number of likely N-dealkylation sites (tertiary alicyclic amines) is 1. The second kappa shape index (κ2) is 7.71. The van der Waals surface area contributed by atoms with Gasteiger partial charge in [-0.05, 0) is 44.4 Å². The van der Waals surface area contributed by atoms with Crippen LogP contribution in [-0.4, -0.2) is 46.0 Å². The molecular formula is C22H27FN4O2. The van der Waals surface area contributed by atoms with Crippen molar-refractivity contribution in [2.75, 3.05) is 19.6 Å². The summed E-state index contributed by atoms with van der Waals surface area (Å²) in [6.07, 6.45) is 0.304. The number of hydrogen-bond donors (Lipinski definition) is 1. The van der Waals surface area contributed by atoms with Gasteiger partial charge in [0.1, 0.15) is 5.82 Å². The van der Waals surface area contributed by atoms with Crippen LogP contribution in [0.5, 0.6) is 0 Å². The number of rotatable bonds is 5. The molecular weight excluding hydrogens is 371 g/mol. The number of nitrogens with zero attached hydrogens (tertiary/aromatic N) is 3. The van der Waals surface area contributed by atoms with E-state index in [0.29, 0.717) is 42.6 Å². The van der Waals surface area contributed by atoms with Crippen LogP contribution in [0.15, 0.2) is 24.3 Å². The van der Waals surface area contributed by atoms with Gasteiger partial charge in [0, 0.05) is 44.2 Å². The van der Waals surface area contributed by atoms with E-state index < -0.39 is 0 Å². The highest BCUT2D eigenvalue weighted by atomic mass is 19.1. The molecule has 0 aliphatic carbocycles. The molecule has 2 saturated heterocycles. The zero-order chi connectivity index (χ0) is 20.7. The largest absolute Gasteiger partial charge is 0.335 e. The molecule has 2 aliphatic heterocycles. The van der Waals surface area contributed by atoms with Gasteiger partial charge < -0.3 is 10.2 Å². The van der Waals surface area contributed by atoms with Gasteiger partial charge in [-0.25, -0.2) is 4.39 Å². The molecule has 1 N–H and O–H groups in total. The summed E-state index contributed by atoms with van der Waals surface area (Å²) in [7, 11) is 0. The van der Waals surface area contributed by atoms with Gasteiger partial charge in [0.2, 0.25) is 5.91 Å². The van der Waals surface area contributed by atoms with Gasteiger partial charge in [-0.2, -0.15) is 5.10 Å². The lowest BCUT2D eigenvalue weighted by Gasteiger charge is -2.28. The number of benzene rings is 1. The van der Waals surface area contributed by atoms with Gasteiger partial charge in [0.05, 0.1) is 17.3 Å². The lowest BCUT2D eigenvalue weighted by molar-refractivity contribution is -0.133. The van der Waals surface area contributed by atoms with Gasteiger partial charge in [0.25, 0.3) is 0 Å². The number of amides is 1. The number of Topliss-reactive ketones (excluding diaryl/α,β-unsaturated/α-hetero) is 1. The summed E-state index contributed by atoms with van der Waals surface area (Å²) in [4.78, 5) is 26.9. The predicted octanol–water partition coefficient (Wildman–Crippen LogP) is 2.65. The summed E-state index contributed by atoms with van der Waals surface area (Å²) in [5.74, 6) is 0.460. The third kappa shape index (κ3) is 3.59. The summed E-state index contributed by atoms with van der Waals surface area (Å²) in [6.45, 7) is 8.06. The fourth-order valence-electron chi connectivity index (χ4n) is 5.06. The van der Waals surface area contributed by atoms with E-state index in [4.69, 9.17) is 0 Å². The summed E-state index contributed by atoms with van der Waals surface area (Å²) in [6, 6.07) is 6.50. The molecule has 6 nitrogen and oxygen atoms in total. The van der Waals surface area contributed by atoms with Crippen molar-refractivity contribution in [3.63, 3.8) is 0 Å². The monoisotopic (exact) mass is 398 g/mol. The molecule has 4 rings (SSSR count). The standard InChI is InChI=1S/C22H27FN4O2/c1-13-21(15(3)28)14(2)27(25-13)8-7-20(29)26-12-17-10-24-11-19(17)22(26)16-5-4-6-18(23)9-16/h4-6,9,17,19,22,24H,7-8,10-12H2,1-3H3/t17-,19-,22+/m0/s1. The van der Waals surface area contributed by atoms with E-state index in [2.05, 4.69) is 10.4 Å². The maximum Gasteiger partial charge on any atom is 0.224 e.